The first-order valence-electron chi connectivity index (χ1n) is 6.18. The zero-order valence-electron chi connectivity index (χ0n) is 10.2. The maximum absolute atomic E-state index is 11.1. The van der Waals surface area contributed by atoms with Gasteiger partial charge in [-0.2, -0.15) is 0 Å². The van der Waals surface area contributed by atoms with Gasteiger partial charge in [0.2, 0.25) is 0 Å². The Morgan fingerprint density at radius 2 is 2.12 bits per heavy atom. The van der Waals surface area contributed by atoms with Gasteiger partial charge in [0.1, 0.15) is 0 Å². The molecule has 2 rings (SSSR count). The number of ether oxygens (including phenoxy) is 1. The summed E-state index contributed by atoms with van der Waals surface area (Å²) in [5.74, 6) is -0.187. The van der Waals surface area contributed by atoms with Crippen molar-refractivity contribution in [3.63, 3.8) is 0 Å². The van der Waals surface area contributed by atoms with Crippen molar-refractivity contribution in [1.82, 2.24) is 5.32 Å². The number of esters is 1. The van der Waals surface area contributed by atoms with Crippen LogP contribution in [0, 0.1) is 0 Å². The lowest BCUT2D eigenvalue weighted by atomic mass is 9.96. The molecule has 1 N–H and O–H groups in total. The van der Waals surface area contributed by atoms with E-state index in [1.807, 2.05) is 12.1 Å². The highest BCUT2D eigenvalue weighted by atomic mass is 16.5. The fourth-order valence-corrected chi connectivity index (χ4v) is 2.24. The van der Waals surface area contributed by atoms with Gasteiger partial charge < -0.3 is 10.1 Å². The van der Waals surface area contributed by atoms with Crippen molar-refractivity contribution in [2.24, 2.45) is 0 Å². The van der Waals surface area contributed by atoms with Gasteiger partial charge >= 0.3 is 5.97 Å². The van der Waals surface area contributed by atoms with Crippen molar-refractivity contribution in [2.45, 2.75) is 31.7 Å². The average molecular weight is 233 g/mol. The minimum atomic E-state index is -0.187. The average Bonchev–Trinajstić information content (AvgIpc) is 2.40. The molecule has 1 heterocycles. The Labute approximate surface area is 102 Å². The molecule has 1 aliphatic heterocycles. The second-order valence-corrected chi connectivity index (χ2v) is 4.50. The van der Waals surface area contributed by atoms with E-state index >= 15 is 0 Å². The van der Waals surface area contributed by atoms with Crippen molar-refractivity contribution < 1.29 is 9.53 Å². The molecule has 1 unspecified atom stereocenters. The molecule has 1 atom stereocenters. The lowest BCUT2D eigenvalue weighted by Gasteiger charge is -2.23. The van der Waals surface area contributed by atoms with E-state index in [1.54, 1.807) is 0 Å². The van der Waals surface area contributed by atoms with Gasteiger partial charge in [0.25, 0.3) is 0 Å². The highest BCUT2D eigenvalue weighted by Gasteiger charge is 2.14. The molecule has 0 bridgehead atoms. The van der Waals surface area contributed by atoms with Crippen LogP contribution in [0.2, 0.25) is 0 Å². The van der Waals surface area contributed by atoms with Crippen LogP contribution in [0.1, 0.15) is 36.4 Å². The number of carbonyl (C=O) groups excluding carboxylic acids is 1. The SMILES string of the molecule is COC(=O)Cc1ccc(C2CCCCN2)cc1. The molecule has 1 aromatic carbocycles. The number of nitrogens with one attached hydrogen (secondary N) is 1. The molecule has 1 aromatic rings. The molecule has 92 valence electrons. The molecular formula is C14H19NO2. The van der Waals surface area contributed by atoms with Crippen LogP contribution >= 0.6 is 0 Å². The Hall–Kier alpha value is -1.35. The van der Waals surface area contributed by atoms with Gasteiger partial charge in [-0.25, -0.2) is 0 Å². The summed E-state index contributed by atoms with van der Waals surface area (Å²) < 4.78 is 4.65. The van der Waals surface area contributed by atoms with E-state index in [0.29, 0.717) is 12.5 Å². The van der Waals surface area contributed by atoms with Gasteiger partial charge in [0.05, 0.1) is 13.5 Å². The lowest BCUT2D eigenvalue weighted by molar-refractivity contribution is -0.139. The molecule has 0 spiro atoms. The predicted molar refractivity (Wildman–Crippen MR) is 66.8 cm³/mol. The summed E-state index contributed by atoms with van der Waals surface area (Å²) >= 11 is 0. The minimum absolute atomic E-state index is 0.187. The van der Waals surface area contributed by atoms with Gasteiger partial charge in [-0.3, -0.25) is 4.79 Å². The second-order valence-electron chi connectivity index (χ2n) is 4.50. The Morgan fingerprint density at radius 1 is 1.35 bits per heavy atom. The summed E-state index contributed by atoms with van der Waals surface area (Å²) in [5.41, 5.74) is 2.33. The number of hydrogen-bond donors (Lipinski definition) is 1. The van der Waals surface area contributed by atoms with Crippen LogP contribution in [0.3, 0.4) is 0 Å². The minimum Gasteiger partial charge on any atom is -0.469 e. The summed E-state index contributed by atoms with van der Waals surface area (Å²) in [5, 5.41) is 3.52. The zero-order valence-corrected chi connectivity index (χ0v) is 10.2. The predicted octanol–water partition coefficient (Wildman–Crippen LogP) is 2.22. The fourth-order valence-electron chi connectivity index (χ4n) is 2.24. The fraction of sp³-hybridized carbons (Fsp3) is 0.500. The van der Waals surface area contributed by atoms with Gasteiger partial charge in [-0.1, -0.05) is 30.7 Å². The number of methoxy groups -OCH3 is 1. The standard InChI is InChI=1S/C14H19NO2/c1-17-14(16)10-11-5-7-12(8-6-11)13-4-2-3-9-15-13/h5-8,13,15H,2-4,9-10H2,1H3. The zero-order chi connectivity index (χ0) is 12.1. The number of hydrogen-bond acceptors (Lipinski definition) is 3. The van der Waals surface area contributed by atoms with Crippen LogP contribution in [-0.2, 0) is 16.0 Å². The smallest absolute Gasteiger partial charge is 0.309 e. The maximum atomic E-state index is 11.1. The highest BCUT2D eigenvalue weighted by molar-refractivity contribution is 5.72. The Bertz CT molecular complexity index is 366. The van der Waals surface area contributed by atoms with Gasteiger partial charge in [-0.05, 0) is 30.5 Å². The third kappa shape index (κ3) is 3.30. The van der Waals surface area contributed by atoms with E-state index < -0.39 is 0 Å². The molecule has 0 amide bonds. The van der Waals surface area contributed by atoms with Crippen LogP contribution in [0.4, 0.5) is 0 Å². The highest BCUT2D eigenvalue weighted by Crippen LogP contribution is 2.23. The Kier molecular flexibility index (Phi) is 4.15. The van der Waals surface area contributed by atoms with Crippen LogP contribution in [0.15, 0.2) is 24.3 Å². The summed E-state index contributed by atoms with van der Waals surface area (Å²) in [6, 6.07) is 8.74. The molecule has 0 aliphatic carbocycles. The first-order chi connectivity index (χ1) is 8.29. The Balaban J connectivity index is 1.99. The largest absolute Gasteiger partial charge is 0.469 e. The second kappa shape index (κ2) is 5.82. The molecule has 17 heavy (non-hydrogen) atoms. The first kappa shape index (κ1) is 12.1. The number of rotatable bonds is 3. The van der Waals surface area contributed by atoms with E-state index in [1.165, 1.54) is 31.9 Å². The van der Waals surface area contributed by atoms with Crippen LogP contribution < -0.4 is 5.32 Å². The van der Waals surface area contributed by atoms with E-state index in [2.05, 4.69) is 22.2 Å². The van der Waals surface area contributed by atoms with Crippen LogP contribution in [0.25, 0.3) is 0 Å². The van der Waals surface area contributed by atoms with Crippen molar-refractivity contribution in [3.05, 3.63) is 35.4 Å². The van der Waals surface area contributed by atoms with Gasteiger partial charge in [0, 0.05) is 6.04 Å². The van der Waals surface area contributed by atoms with E-state index in [4.69, 9.17) is 0 Å². The lowest BCUT2D eigenvalue weighted by Crippen LogP contribution is -2.26. The van der Waals surface area contributed by atoms with Gasteiger partial charge in [-0.15, -0.1) is 0 Å². The molecular weight excluding hydrogens is 214 g/mol. The molecule has 1 aliphatic rings. The summed E-state index contributed by atoms with van der Waals surface area (Å²) in [6.45, 7) is 1.11. The quantitative estimate of drug-likeness (QED) is 0.813. The summed E-state index contributed by atoms with van der Waals surface area (Å²) in [6.07, 6.45) is 4.13. The molecule has 0 radical (unpaired) electrons. The molecule has 3 nitrogen and oxygen atoms in total. The number of carbonyl (C=O) groups is 1. The molecule has 0 saturated carbocycles. The van der Waals surface area contributed by atoms with Gasteiger partial charge in [0.15, 0.2) is 0 Å². The third-order valence-corrected chi connectivity index (χ3v) is 3.27. The molecule has 1 saturated heterocycles. The molecule has 3 heteroatoms. The van der Waals surface area contributed by atoms with Crippen molar-refractivity contribution in [2.75, 3.05) is 13.7 Å². The van der Waals surface area contributed by atoms with Crippen molar-refractivity contribution >= 4 is 5.97 Å². The third-order valence-electron chi connectivity index (χ3n) is 3.27. The van der Waals surface area contributed by atoms with Crippen molar-refractivity contribution in [3.8, 4) is 0 Å². The van der Waals surface area contributed by atoms with Crippen molar-refractivity contribution in [1.29, 1.82) is 0 Å². The van der Waals surface area contributed by atoms with Crippen LogP contribution in [-0.4, -0.2) is 19.6 Å². The topological polar surface area (TPSA) is 38.3 Å². The number of benzene rings is 1. The van der Waals surface area contributed by atoms with Crippen LogP contribution in [0.5, 0.6) is 0 Å². The monoisotopic (exact) mass is 233 g/mol. The first-order valence-corrected chi connectivity index (χ1v) is 6.18. The molecule has 0 aromatic heterocycles. The van der Waals surface area contributed by atoms with E-state index in [-0.39, 0.29) is 5.97 Å². The molecule has 1 fully saturated rings. The van der Waals surface area contributed by atoms with E-state index in [9.17, 15) is 4.79 Å². The normalized spacial score (nSPS) is 19.9. The maximum Gasteiger partial charge on any atom is 0.309 e. The summed E-state index contributed by atoms with van der Waals surface area (Å²) in [4.78, 5) is 11.1. The Morgan fingerprint density at radius 3 is 2.71 bits per heavy atom. The summed E-state index contributed by atoms with van der Waals surface area (Å²) in [7, 11) is 1.42. The van der Waals surface area contributed by atoms with E-state index in [0.717, 1.165) is 12.1 Å². The number of piperidine rings is 1.